The molecule has 1 aromatic heterocycles. The fourth-order valence-electron chi connectivity index (χ4n) is 2.16. The number of rotatable bonds is 6. The van der Waals surface area contributed by atoms with Gasteiger partial charge in [-0.15, -0.1) is 0 Å². The van der Waals surface area contributed by atoms with Crippen LogP contribution in [0.5, 0.6) is 5.75 Å². The van der Waals surface area contributed by atoms with Gasteiger partial charge in [0.2, 0.25) is 0 Å². The molecule has 1 aromatic carbocycles. The molecule has 0 saturated carbocycles. The molecule has 2 aromatic rings. The zero-order valence-electron chi connectivity index (χ0n) is 13.6. The first-order valence-electron chi connectivity index (χ1n) is 7.30. The summed E-state index contributed by atoms with van der Waals surface area (Å²) in [7, 11) is 1.47. The summed E-state index contributed by atoms with van der Waals surface area (Å²) in [5, 5.41) is 0. The highest BCUT2D eigenvalue weighted by atomic mass is 19.4. The van der Waals surface area contributed by atoms with Gasteiger partial charge in [-0.1, -0.05) is 6.07 Å². The monoisotopic (exact) mass is 355 g/mol. The van der Waals surface area contributed by atoms with Gasteiger partial charge in [0.15, 0.2) is 12.4 Å². The molecule has 0 aliphatic heterocycles. The molecule has 0 saturated heterocycles. The minimum atomic E-state index is -4.70. The van der Waals surface area contributed by atoms with Crippen molar-refractivity contribution in [3.8, 4) is 5.75 Å². The van der Waals surface area contributed by atoms with E-state index in [1.54, 1.807) is 12.1 Å². The minimum Gasteiger partial charge on any atom is -0.482 e. The van der Waals surface area contributed by atoms with Crippen LogP contribution in [0.15, 0.2) is 41.0 Å². The van der Waals surface area contributed by atoms with Crippen LogP contribution in [-0.4, -0.2) is 30.2 Å². The number of likely N-dealkylation sites (N-methyl/N-ethyl adjacent to an activating group) is 1. The molecule has 5 nitrogen and oxygen atoms in total. The Kier molecular flexibility index (Phi) is 5.51. The molecule has 0 bridgehead atoms. The summed E-state index contributed by atoms with van der Waals surface area (Å²) >= 11 is 0. The molecule has 0 unspecified atom stereocenters. The number of carbonyl (C=O) groups is 2. The van der Waals surface area contributed by atoms with Gasteiger partial charge in [-0.25, -0.2) is 0 Å². The summed E-state index contributed by atoms with van der Waals surface area (Å²) in [6.07, 6.45) is -3.26. The number of nitrogens with zero attached hydrogens (tertiary/aromatic N) is 1. The van der Waals surface area contributed by atoms with Gasteiger partial charge < -0.3 is 14.1 Å². The van der Waals surface area contributed by atoms with E-state index in [9.17, 15) is 22.8 Å². The highest BCUT2D eigenvalue weighted by Gasteiger charge is 2.36. The smallest absolute Gasteiger partial charge is 0.419 e. The van der Waals surface area contributed by atoms with Gasteiger partial charge in [0.25, 0.3) is 5.91 Å². The zero-order chi connectivity index (χ0) is 18.6. The first-order chi connectivity index (χ1) is 11.7. The number of Topliss-reactive ketones (excluding diaryl/α,β-unsaturated/α-hetero) is 1. The first kappa shape index (κ1) is 18.6. The fraction of sp³-hybridized carbons (Fsp3) is 0.294. The second-order valence-corrected chi connectivity index (χ2v) is 5.35. The van der Waals surface area contributed by atoms with Crippen LogP contribution in [0.1, 0.15) is 28.6 Å². The highest BCUT2D eigenvalue weighted by Crippen LogP contribution is 2.38. The van der Waals surface area contributed by atoms with E-state index in [1.807, 2.05) is 0 Å². The summed E-state index contributed by atoms with van der Waals surface area (Å²) in [4.78, 5) is 24.9. The lowest BCUT2D eigenvalue weighted by Gasteiger charge is -2.19. The number of para-hydroxylation sites is 1. The molecule has 0 spiro atoms. The van der Waals surface area contributed by atoms with Crippen molar-refractivity contribution in [1.29, 1.82) is 0 Å². The molecular weight excluding hydrogens is 339 g/mol. The fourth-order valence-corrected chi connectivity index (χ4v) is 2.16. The number of halogens is 3. The number of alkyl halides is 3. The van der Waals surface area contributed by atoms with E-state index in [1.165, 1.54) is 24.3 Å². The molecule has 0 aliphatic rings. The number of ketones is 1. The molecule has 8 heteroatoms. The van der Waals surface area contributed by atoms with E-state index < -0.39 is 35.8 Å². The predicted octanol–water partition coefficient (Wildman–Crippen LogP) is 3.54. The van der Waals surface area contributed by atoms with Crippen molar-refractivity contribution in [2.75, 3.05) is 13.7 Å². The predicted molar refractivity (Wildman–Crippen MR) is 82.1 cm³/mol. The maximum Gasteiger partial charge on any atom is 0.419 e. The Balaban J connectivity index is 2.16. The lowest BCUT2D eigenvalue weighted by Crippen LogP contribution is -2.31. The van der Waals surface area contributed by atoms with Crippen LogP contribution in [0.2, 0.25) is 0 Å². The minimum absolute atomic E-state index is 0.148. The van der Waals surface area contributed by atoms with E-state index in [0.717, 1.165) is 19.1 Å². The maximum atomic E-state index is 13.1. The molecule has 0 aliphatic carbocycles. The van der Waals surface area contributed by atoms with Crippen LogP contribution < -0.4 is 4.74 Å². The molecule has 25 heavy (non-hydrogen) atoms. The van der Waals surface area contributed by atoms with Gasteiger partial charge in [0.05, 0.1) is 23.9 Å². The second-order valence-electron chi connectivity index (χ2n) is 5.35. The number of furan rings is 1. The van der Waals surface area contributed by atoms with Crippen LogP contribution in [0.25, 0.3) is 0 Å². The number of ether oxygens (including phenoxy) is 1. The average molecular weight is 355 g/mol. The van der Waals surface area contributed by atoms with Crippen LogP contribution in [0.3, 0.4) is 0 Å². The van der Waals surface area contributed by atoms with E-state index in [0.29, 0.717) is 5.76 Å². The summed E-state index contributed by atoms with van der Waals surface area (Å²) < 4.78 is 49.6. The topological polar surface area (TPSA) is 59.8 Å². The quantitative estimate of drug-likeness (QED) is 0.744. The van der Waals surface area contributed by atoms with Gasteiger partial charge in [-0.3, -0.25) is 9.59 Å². The summed E-state index contributed by atoms with van der Waals surface area (Å²) in [6.45, 7) is 0.646. The van der Waals surface area contributed by atoms with E-state index in [2.05, 4.69) is 0 Å². The van der Waals surface area contributed by atoms with Crippen molar-refractivity contribution < 1.29 is 31.9 Å². The summed E-state index contributed by atoms with van der Waals surface area (Å²) in [5.41, 5.74) is -1.32. The number of hydrogen-bond acceptors (Lipinski definition) is 4. The van der Waals surface area contributed by atoms with Crippen molar-refractivity contribution in [1.82, 2.24) is 4.90 Å². The first-order valence-corrected chi connectivity index (χ1v) is 7.30. The van der Waals surface area contributed by atoms with Gasteiger partial charge >= 0.3 is 6.18 Å². The Hall–Kier alpha value is -2.77. The standard InChI is InChI=1S/C17H16F3NO4/c1-11(22)13-6-3-7-14(17(18,19)20)16(13)25-10-15(23)21(2)9-12-5-4-8-24-12/h3-8H,9-10H2,1-2H3. The van der Waals surface area contributed by atoms with Gasteiger partial charge in [-0.05, 0) is 31.2 Å². The largest absolute Gasteiger partial charge is 0.482 e. The average Bonchev–Trinajstić information content (AvgIpc) is 3.04. The Morgan fingerprint density at radius 1 is 1.20 bits per heavy atom. The van der Waals surface area contributed by atoms with E-state index in [-0.39, 0.29) is 12.1 Å². The van der Waals surface area contributed by atoms with Crippen molar-refractivity contribution in [3.63, 3.8) is 0 Å². The molecule has 0 N–H and O–H groups in total. The lowest BCUT2D eigenvalue weighted by atomic mass is 10.1. The normalized spacial score (nSPS) is 11.2. The SMILES string of the molecule is CC(=O)c1cccc(C(F)(F)F)c1OCC(=O)N(C)Cc1ccco1. The van der Waals surface area contributed by atoms with E-state index in [4.69, 9.17) is 9.15 Å². The second kappa shape index (κ2) is 7.42. The third-order valence-electron chi connectivity index (χ3n) is 3.44. The van der Waals surface area contributed by atoms with Gasteiger partial charge in [0.1, 0.15) is 11.5 Å². The Morgan fingerprint density at radius 3 is 2.48 bits per heavy atom. The molecule has 0 atom stereocenters. The van der Waals surface area contributed by atoms with Crippen molar-refractivity contribution in [2.45, 2.75) is 19.6 Å². The number of carbonyl (C=O) groups excluding carboxylic acids is 2. The summed E-state index contributed by atoms with van der Waals surface area (Å²) in [6, 6.07) is 6.47. The third kappa shape index (κ3) is 4.62. The van der Waals surface area contributed by atoms with Crippen molar-refractivity contribution >= 4 is 11.7 Å². The number of amides is 1. The van der Waals surface area contributed by atoms with Gasteiger partial charge in [0, 0.05) is 7.05 Å². The van der Waals surface area contributed by atoms with Crippen LogP contribution in [-0.2, 0) is 17.5 Å². The van der Waals surface area contributed by atoms with Crippen LogP contribution in [0, 0.1) is 0 Å². The van der Waals surface area contributed by atoms with Crippen LogP contribution >= 0.6 is 0 Å². The van der Waals surface area contributed by atoms with E-state index >= 15 is 0 Å². The molecule has 134 valence electrons. The molecule has 0 radical (unpaired) electrons. The Morgan fingerprint density at radius 2 is 1.92 bits per heavy atom. The third-order valence-corrected chi connectivity index (χ3v) is 3.44. The molecule has 2 rings (SSSR count). The Bertz CT molecular complexity index is 754. The highest BCUT2D eigenvalue weighted by molar-refractivity contribution is 5.97. The van der Waals surface area contributed by atoms with Crippen LogP contribution in [0.4, 0.5) is 13.2 Å². The Labute approximate surface area is 142 Å². The lowest BCUT2D eigenvalue weighted by molar-refractivity contribution is -0.140. The van der Waals surface area contributed by atoms with Crippen molar-refractivity contribution in [3.05, 3.63) is 53.5 Å². The van der Waals surface area contributed by atoms with Gasteiger partial charge in [-0.2, -0.15) is 13.2 Å². The number of hydrogen-bond donors (Lipinski definition) is 0. The summed E-state index contributed by atoms with van der Waals surface area (Å²) in [5.74, 6) is -1.25. The zero-order valence-corrected chi connectivity index (χ0v) is 13.6. The van der Waals surface area contributed by atoms with Crippen molar-refractivity contribution in [2.24, 2.45) is 0 Å². The number of benzene rings is 1. The molecular formula is C17H16F3NO4. The molecule has 1 amide bonds. The molecule has 0 fully saturated rings. The maximum absolute atomic E-state index is 13.1. The molecule has 1 heterocycles.